The second-order valence-electron chi connectivity index (χ2n) is 7.12. The highest BCUT2D eigenvalue weighted by atomic mass is 32.1. The summed E-state index contributed by atoms with van der Waals surface area (Å²) in [6.07, 6.45) is 2.32. The van der Waals surface area contributed by atoms with Crippen molar-refractivity contribution in [3.8, 4) is 5.75 Å². The minimum absolute atomic E-state index is 0.0196. The smallest absolute Gasteiger partial charge is 0.264 e. The van der Waals surface area contributed by atoms with Crippen molar-refractivity contribution in [1.82, 2.24) is 4.90 Å². The van der Waals surface area contributed by atoms with Crippen molar-refractivity contribution in [2.45, 2.75) is 19.3 Å². The number of aryl methyl sites for hydroxylation is 1. The van der Waals surface area contributed by atoms with E-state index in [1.807, 2.05) is 35.2 Å². The minimum atomic E-state index is -0.0837. The predicted molar refractivity (Wildman–Crippen MR) is 108 cm³/mol. The summed E-state index contributed by atoms with van der Waals surface area (Å²) in [5.74, 6) is 0.735. The summed E-state index contributed by atoms with van der Waals surface area (Å²) in [6, 6.07) is 9.37. The van der Waals surface area contributed by atoms with Crippen molar-refractivity contribution in [2.75, 3.05) is 38.7 Å². The fraction of sp³-hybridized carbons (Fsp3) is 0.429. The number of anilines is 1. The van der Waals surface area contributed by atoms with Crippen molar-refractivity contribution < 1.29 is 19.1 Å². The third kappa shape index (κ3) is 4.05. The van der Waals surface area contributed by atoms with Gasteiger partial charge in [0.15, 0.2) is 0 Å². The zero-order valence-corrected chi connectivity index (χ0v) is 16.7. The molecule has 1 aromatic carbocycles. The van der Waals surface area contributed by atoms with E-state index in [4.69, 9.17) is 9.47 Å². The molecule has 1 aliphatic carbocycles. The van der Waals surface area contributed by atoms with Gasteiger partial charge in [0, 0.05) is 35.6 Å². The molecular formula is C21H24N2O4S. The van der Waals surface area contributed by atoms with Gasteiger partial charge < -0.3 is 19.7 Å². The van der Waals surface area contributed by atoms with E-state index in [9.17, 15) is 9.59 Å². The second kappa shape index (κ2) is 8.32. The molecule has 148 valence electrons. The van der Waals surface area contributed by atoms with E-state index in [0.29, 0.717) is 38.5 Å². The Morgan fingerprint density at radius 2 is 2.07 bits per heavy atom. The largest absolute Gasteiger partial charge is 0.497 e. The molecule has 1 saturated heterocycles. The number of amides is 2. The number of carbonyl (C=O) groups is 2. The minimum Gasteiger partial charge on any atom is -0.497 e. The molecule has 1 N–H and O–H groups in total. The third-order valence-electron chi connectivity index (χ3n) is 5.30. The van der Waals surface area contributed by atoms with Crippen LogP contribution in [0.2, 0.25) is 0 Å². The maximum atomic E-state index is 12.7. The Bertz CT molecular complexity index is 873. The summed E-state index contributed by atoms with van der Waals surface area (Å²) < 4.78 is 10.5. The number of ether oxygens (including phenoxy) is 2. The van der Waals surface area contributed by atoms with Gasteiger partial charge in [-0.25, -0.2) is 0 Å². The highest BCUT2D eigenvalue weighted by molar-refractivity contribution is 7.14. The summed E-state index contributed by atoms with van der Waals surface area (Å²) in [5, 5.41) is 2.99. The number of nitrogens with one attached hydrogen (secondary N) is 1. The van der Waals surface area contributed by atoms with E-state index >= 15 is 0 Å². The first-order valence-corrected chi connectivity index (χ1v) is 10.4. The van der Waals surface area contributed by atoms with Crippen molar-refractivity contribution in [3.05, 3.63) is 45.6 Å². The molecule has 1 fully saturated rings. The summed E-state index contributed by atoms with van der Waals surface area (Å²) in [5.41, 5.74) is 1.88. The van der Waals surface area contributed by atoms with Crippen LogP contribution in [0.3, 0.4) is 0 Å². The highest BCUT2D eigenvalue weighted by Crippen LogP contribution is 2.33. The molecule has 4 rings (SSSR count). The molecule has 0 spiro atoms. The maximum absolute atomic E-state index is 12.7. The first kappa shape index (κ1) is 19.0. The van der Waals surface area contributed by atoms with Crippen LogP contribution in [-0.2, 0) is 22.4 Å². The summed E-state index contributed by atoms with van der Waals surface area (Å²) >= 11 is 1.58. The molecule has 28 heavy (non-hydrogen) atoms. The van der Waals surface area contributed by atoms with E-state index in [-0.39, 0.29) is 17.7 Å². The average molecular weight is 401 g/mol. The quantitative estimate of drug-likeness (QED) is 0.857. The number of hydrogen-bond acceptors (Lipinski definition) is 5. The number of rotatable bonds is 4. The van der Waals surface area contributed by atoms with Crippen LogP contribution in [0.15, 0.2) is 30.3 Å². The molecule has 1 aliphatic heterocycles. The van der Waals surface area contributed by atoms with Crippen LogP contribution in [-0.4, -0.2) is 50.1 Å². The lowest BCUT2D eigenvalue weighted by Gasteiger charge is -2.26. The molecule has 2 heterocycles. The van der Waals surface area contributed by atoms with Gasteiger partial charge in [0.25, 0.3) is 5.91 Å². The summed E-state index contributed by atoms with van der Waals surface area (Å²) in [4.78, 5) is 29.3. The van der Waals surface area contributed by atoms with Crippen LogP contribution in [0.25, 0.3) is 0 Å². The second-order valence-corrected chi connectivity index (χ2v) is 8.26. The first-order chi connectivity index (χ1) is 13.6. The van der Waals surface area contributed by atoms with Gasteiger partial charge in [0.05, 0.1) is 25.2 Å². The Hall–Kier alpha value is -2.38. The van der Waals surface area contributed by atoms with Gasteiger partial charge in [-0.1, -0.05) is 6.07 Å². The molecule has 1 aromatic heterocycles. The number of methoxy groups -OCH3 is 1. The predicted octanol–water partition coefficient (Wildman–Crippen LogP) is 2.97. The Balaban J connectivity index is 1.42. The zero-order valence-electron chi connectivity index (χ0n) is 15.9. The molecule has 0 saturated carbocycles. The Labute approximate surface area is 168 Å². The number of fused-ring (bicyclic) bond motifs is 1. The lowest BCUT2D eigenvalue weighted by atomic mass is 9.87. The maximum Gasteiger partial charge on any atom is 0.264 e. The van der Waals surface area contributed by atoms with Crippen LogP contribution in [0.1, 0.15) is 26.5 Å². The number of nitrogens with zero attached hydrogens (tertiary/aromatic N) is 1. The lowest BCUT2D eigenvalue weighted by Crippen LogP contribution is -2.40. The van der Waals surface area contributed by atoms with E-state index in [1.54, 1.807) is 18.4 Å². The molecule has 2 aliphatic rings. The van der Waals surface area contributed by atoms with E-state index in [2.05, 4.69) is 5.32 Å². The fourth-order valence-electron chi connectivity index (χ4n) is 3.72. The van der Waals surface area contributed by atoms with Gasteiger partial charge in [-0.2, -0.15) is 0 Å². The first-order valence-electron chi connectivity index (χ1n) is 9.57. The topological polar surface area (TPSA) is 67.9 Å². The zero-order chi connectivity index (χ0) is 19.5. The Kier molecular flexibility index (Phi) is 5.64. The number of thiophene rings is 1. The van der Waals surface area contributed by atoms with Crippen molar-refractivity contribution >= 4 is 28.8 Å². The number of hydrogen-bond donors (Lipinski definition) is 1. The summed E-state index contributed by atoms with van der Waals surface area (Å²) in [6.45, 7) is 2.49. The normalized spacial score (nSPS) is 19.0. The number of carbonyl (C=O) groups excluding carboxylic acids is 2. The molecule has 0 bridgehead atoms. The molecule has 2 amide bonds. The monoisotopic (exact) mass is 400 g/mol. The average Bonchev–Trinajstić information content (AvgIpc) is 3.17. The molecular weight excluding hydrogens is 376 g/mol. The molecule has 7 heteroatoms. The number of morpholine rings is 1. The molecule has 0 unspecified atom stereocenters. The SMILES string of the molecule is COc1cccc(NC(=O)[C@@H]2CCc3sc(C(=O)N4CCOCC4)cc3C2)c1. The van der Waals surface area contributed by atoms with Crippen LogP contribution in [0.4, 0.5) is 5.69 Å². The summed E-state index contributed by atoms with van der Waals surface area (Å²) in [7, 11) is 1.61. The van der Waals surface area contributed by atoms with Crippen molar-refractivity contribution in [2.24, 2.45) is 5.92 Å². The van der Waals surface area contributed by atoms with E-state index < -0.39 is 0 Å². The standard InChI is InChI=1S/C21H24N2O4S/c1-26-17-4-2-3-16(13-17)22-20(24)14-5-6-18-15(11-14)12-19(28-18)21(25)23-7-9-27-10-8-23/h2-4,12-14H,5-11H2,1H3,(H,22,24)/t14-/m1/s1. The van der Waals surface area contributed by atoms with Gasteiger partial charge >= 0.3 is 0 Å². The van der Waals surface area contributed by atoms with Crippen molar-refractivity contribution in [3.63, 3.8) is 0 Å². The Morgan fingerprint density at radius 1 is 1.25 bits per heavy atom. The molecule has 6 nitrogen and oxygen atoms in total. The molecule has 0 radical (unpaired) electrons. The molecule has 2 aromatic rings. The Morgan fingerprint density at radius 3 is 2.86 bits per heavy atom. The van der Waals surface area contributed by atoms with Gasteiger partial charge in [-0.05, 0) is 43.0 Å². The van der Waals surface area contributed by atoms with Crippen molar-refractivity contribution in [1.29, 1.82) is 0 Å². The lowest BCUT2D eigenvalue weighted by molar-refractivity contribution is -0.120. The fourth-order valence-corrected chi connectivity index (χ4v) is 4.90. The van der Waals surface area contributed by atoms with Crippen LogP contribution in [0.5, 0.6) is 5.75 Å². The highest BCUT2D eigenvalue weighted by Gasteiger charge is 2.29. The van der Waals surface area contributed by atoms with Gasteiger partial charge in [-0.3, -0.25) is 9.59 Å². The molecule has 1 atom stereocenters. The van der Waals surface area contributed by atoms with Crippen LogP contribution < -0.4 is 10.1 Å². The van der Waals surface area contributed by atoms with E-state index in [1.165, 1.54) is 4.88 Å². The van der Waals surface area contributed by atoms with Gasteiger partial charge in [0.1, 0.15) is 5.75 Å². The number of benzene rings is 1. The third-order valence-corrected chi connectivity index (χ3v) is 6.53. The van der Waals surface area contributed by atoms with Crippen LogP contribution in [0, 0.1) is 5.92 Å². The van der Waals surface area contributed by atoms with E-state index in [0.717, 1.165) is 29.0 Å². The van der Waals surface area contributed by atoms with Crippen LogP contribution >= 0.6 is 11.3 Å². The van der Waals surface area contributed by atoms with Gasteiger partial charge in [0.2, 0.25) is 5.91 Å². The van der Waals surface area contributed by atoms with Gasteiger partial charge in [-0.15, -0.1) is 11.3 Å².